The molecule has 1 atom stereocenters. The van der Waals surface area contributed by atoms with E-state index in [9.17, 15) is 0 Å². The summed E-state index contributed by atoms with van der Waals surface area (Å²) in [4.78, 5) is 3.50. The average molecular weight is 222 g/mol. The Kier molecular flexibility index (Phi) is 3.73. The first-order valence-corrected chi connectivity index (χ1v) is 6.02. The van der Waals surface area contributed by atoms with Gasteiger partial charge >= 0.3 is 0 Å². The number of morpholine rings is 1. The van der Waals surface area contributed by atoms with E-state index in [1.165, 1.54) is 4.88 Å². The Hall–Kier alpha value is -0.890. The Morgan fingerprint density at radius 3 is 2.93 bits per heavy atom. The predicted molar refractivity (Wildman–Crippen MR) is 59.8 cm³/mol. The molecule has 80 valence electrons. The van der Waals surface area contributed by atoms with Crippen LogP contribution in [-0.2, 0) is 11.2 Å². The van der Waals surface area contributed by atoms with Crippen LogP contribution in [0.1, 0.15) is 4.88 Å². The predicted octanol–water partition coefficient (Wildman–Crippen LogP) is 1.51. The smallest absolute Gasteiger partial charge is 0.103 e. The molecule has 15 heavy (non-hydrogen) atoms. The summed E-state index contributed by atoms with van der Waals surface area (Å²) in [5, 5.41) is 11.2. The van der Waals surface area contributed by atoms with Gasteiger partial charge in [0.05, 0.1) is 19.3 Å². The van der Waals surface area contributed by atoms with Crippen molar-refractivity contribution < 1.29 is 4.74 Å². The Labute approximate surface area is 93.9 Å². The van der Waals surface area contributed by atoms with Crippen molar-refractivity contribution in [3.8, 4) is 6.07 Å². The van der Waals surface area contributed by atoms with Gasteiger partial charge in [0.2, 0.25) is 0 Å². The summed E-state index contributed by atoms with van der Waals surface area (Å²) < 4.78 is 5.28. The standard InChI is InChI=1S/C11H14N2OS/c12-9-10(8-11-2-1-7-15-11)13-3-5-14-6-4-13/h1-2,7,10H,3-6,8H2. The van der Waals surface area contributed by atoms with E-state index >= 15 is 0 Å². The van der Waals surface area contributed by atoms with Gasteiger partial charge in [0, 0.05) is 24.4 Å². The van der Waals surface area contributed by atoms with E-state index in [1.54, 1.807) is 11.3 Å². The van der Waals surface area contributed by atoms with Crippen LogP contribution in [0.5, 0.6) is 0 Å². The molecule has 1 saturated heterocycles. The summed E-state index contributed by atoms with van der Waals surface area (Å²) >= 11 is 1.72. The van der Waals surface area contributed by atoms with E-state index in [4.69, 9.17) is 10.00 Å². The molecule has 0 bridgehead atoms. The van der Waals surface area contributed by atoms with Crippen molar-refractivity contribution in [2.24, 2.45) is 0 Å². The second-order valence-electron chi connectivity index (χ2n) is 3.58. The van der Waals surface area contributed by atoms with Crippen LogP contribution in [0.3, 0.4) is 0 Å². The Morgan fingerprint density at radius 1 is 1.53 bits per heavy atom. The van der Waals surface area contributed by atoms with Crippen LogP contribution in [-0.4, -0.2) is 37.2 Å². The fourth-order valence-corrected chi connectivity index (χ4v) is 2.51. The molecule has 0 radical (unpaired) electrons. The van der Waals surface area contributed by atoms with Crippen molar-refractivity contribution in [2.45, 2.75) is 12.5 Å². The summed E-state index contributed by atoms with van der Waals surface area (Å²) in [5.41, 5.74) is 0. The SMILES string of the molecule is N#CC(Cc1cccs1)N1CCOCC1. The molecule has 1 aliphatic rings. The molecule has 2 heterocycles. The van der Waals surface area contributed by atoms with Gasteiger partial charge in [0.1, 0.15) is 6.04 Å². The maximum Gasteiger partial charge on any atom is 0.103 e. The third-order valence-corrected chi connectivity index (χ3v) is 3.51. The molecule has 0 spiro atoms. The lowest BCUT2D eigenvalue weighted by molar-refractivity contribution is 0.0271. The summed E-state index contributed by atoms with van der Waals surface area (Å²) in [5.74, 6) is 0. The van der Waals surface area contributed by atoms with E-state index < -0.39 is 0 Å². The van der Waals surface area contributed by atoms with E-state index in [1.807, 2.05) is 6.07 Å². The minimum absolute atomic E-state index is 0.00699. The molecule has 3 nitrogen and oxygen atoms in total. The molecule has 0 saturated carbocycles. The highest BCUT2D eigenvalue weighted by molar-refractivity contribution is 7.09. The lowest BCUT2D eigenvalue weighted by Crippen LogP contribution is -2.43. The van der Waals surface area contributed by atoms with Crippen LogP contribution in [0.4, 0.5) is 0 Å². The van der Waals surface area contributed by atoms with Gasteiger partial charge in [-0.15, -0.1) is 11.3 Å². The van der Waals surface area contributed by atoms with Crippen LogP contribution in [0, 0.1) is 11.3 Å². The molecule has 1 fully saturated rings. The third-order valence-electron chi connectivity index (χ3n) is 2.61. The Balaban J connectivity index is 1.95. The molecule has 0 amide bonds. The average Bonchev–Trinajstić information content (AvgIpc) is 2.80. The van der Waals surface area contributed by atoms with Crippen LogP contribution in [0.15, 0.2) is 17.5 Å². The fraction of sp³-hybridized carbons (Fsp3) is 0.545. The lowest BCUT2D eigenvalue weighted by Gasteiger charge is -2.30. The number of nitriles is 1. The second kappa shape index (κ2) is 5.26. The second-order valence-corrected chi connectivity index (χ2v) is 4.61. The van der Waals surface area contributed by atoms with E-state index in [0.29, 0.717) is 0 Å². The first-order chi connectivity index (χ1) is 7.40. The molecule has 0 N–H and O–H groups in total. The van der Waals surface area contributed by atoms with Gasteiger partial charge in [0.25, 0.3) is 0 Å². The van der Waals surface area contributed by atoms with Crippen LogP contribution >= 0.6 is 11.3 Å². The number of hydrogen-bond donors (Lipinski definition) is 0. The highest BCUT2D eigenvalue weighted by atomic mass is 32.1. The number of ether oxygens (including phenoxy) is 1. The molecule has 2 rings (SSSR count). The van der Waals surface area contributed by atoms with Crippen molar-refractivity contribution in [2.75, 3.05) is 26.3 Å². The Bertz CT molecular complexity index is 325. The third kappa shape index (κ3) is 2.78. The van der Waals surface area contributed by atoms with Crippen molar-refractivity contribution in [3.63, 3.8) is 0 Å². The fourth-order valence-electron chi connectivity index (χ4n) is 1.76. The van der Waals surface area contributed by atoms with Gasteiger partial charge in [-0.2, -0.15) is 5.26 Å². The monoisotopic (exact) mass is 222 g/mol. The topological polar surface area (TPSA) is 36.3 Å². The summed E-state index contributed by atoms with van der Waals surface area (Å²) in [6.07, 6.45) is 0.841. The lowest BCUT2D eigenvalue weighted by atomic mass is 10.1. The summed E-state index contributed by atoms with van der Waals surface area (Å²) in [6.45, 7) is 3.26. The summed E-state index contributed by atoms with van der Waals surface area (Å²) in [6, 6.07) is 6.52. The van der Waals surface area contributed by atoms with Gasteiger partial charge in [-0.25, -0.2) is 0 Å². The zero-order valence-corrected chi connectivity index (χ0v) is 9.37. The van der Waals surface area contributed by atoms with Gasteiger partial charge in [-0.3, -0.25) is 4.90 Å². The maximum absolute atomic E-state index is 9.15. The highest BCUT2D eigenvalue weighted by Crippen LogP contribution is 2.14. The zero-order chi connectivity index (χ0) is 10.5. The van der Waals surface area contributed by atoms with E-state index in [-0.39, 0.29) is 6.04 Å². The van der Waals surface area contributed by atoms with Crippen molar-refractivity contribution >= 4 is 11.3 Å². The first kappa shape index (κ1) is 10.6. The van der Waals surface area contributed by atoms with Crippen LogP contribution in [0.25, 0.3) is 0 Å². The normalized spacial score (nSPS) is 19.7. The van der Waals surface area contributed by atoms with Gasteiger partial charge in [0.15, 0.2) is 0 Å². The molecule has 4 heteroatoms. The number of rotatable bonds is 3. The quantitative estimate of drug-likeness (QED) is 0.778. The summed E-state index contributed by atoms with van der Waals surface area (Å²) in [7, 11) is 0. The Morgan fingerprint density at radius 2 is 2.33 bits per heavy atom. The molecule has 1 aliphatic heterocycles. The van der Waals surface area contributed by atoms with Crippen LogP contribution < -0.4 is 0 Å². The van der Waals surface area contributed by atoms with Crippen molar-refractivity contribution in [1.29, 1.82) is 5.26 Å². The van der Waals surface area contributed by atoms with Crippen LogP contribution in [0.2, 0.25) is 0 Å². The molecule has 1 aromatic rings. The molecular weight excluding hydrogens is 208 g/mol. The molecule has 0 aliphatic carbocycles. The van der Waals surface area contributed by atoms with Gasteiger partial charge in [-0.1, -0.05) is 6.07 Å². The van der Waals surface area contributed by atoms with E-state index in [2.05, 4.69) is 22.4 Å². The molecule has 1 unspecified atom stereocenters. The van der Waals surface area contributed by atoms with Gasteiger partial charge in [-0.05, 0) is 11.4 Å². The molecule has 1 aromatic heterocycles. The number of thiophene rings is 1. The first-order valence-electron chi connectivity index (χ1n) is 5.14. The van der Waals surface area contributed by atoms with E-state index in [0.717, 1.165) is 32.7 Å². The minimum Gasteiger partial charge on any atom is -0.379 e. The van der Waals surface area contributed by atoms with Crippen molar-refractivity contribution in [3.05, 3.63) is 22.4 Å². The number of hydrogen-bond acceptors (Lipinski definition) is 4. The van der Waals surface area contributed by atoms with Crippen molar-refractivity contribution in [1.82, 2.24) is 4.90 Å². The molecular formula is C11H14N2OS. The maximum atomic E-state index is 9.15. The highest BCUT2D eigenvalue weighted by Gasteiger charge is 2.20. The minimum atomic E-state index is 0.00699. The zero-order valence-electron chi connectivity index (χ0n) is 8.56. The number of nitrogens with zero attached hydrogens (tertiary/aromatic N) is 2. The van der Waals surface area contributed by atoms with Gasteiger partial charge < -0.3 is 4.74 Å². The largest absolute Gasteiger partial charge is 0.379 e. The molecule has 0 aromatic carbocycles.